The molecule has 1 fully saturated rings. The van der Waals surface area contributed by atoms with Gasteiger partial charge in [-0.3, -0.25) is 4.79 Å². The molecule has 0 spiro atoms. The molecule has 1 saturated carbocycles. The van der Waals surface area contributed by atoms with E-state index in [9.17, 15) is 4.79 Å². The number of aromatic nitrogens is 2. The van der Waals surface area contributed by atoms with Crippen LogP contribution in [0.1, 0.15) is 51.8 Å². The van der Waals surface area contributed by atoms with Crippen molar-refractivity contribution in [3.63, 3.8) is 0 Å². The summed E-state index contributed by atoms with van der Waals surface area (Å²) in [5.41, 5.74) is 4.37. The Morgan fingerprint density at radius 3 is 2.67 bits per heavy atom. The predicted molar refractivity (Wildman–Crippen MR) is 82.6 cm³/mol. The van der Waals surface area contributed by atoms with E-state index in [4.69, 9.17) is 0 Å². The summed E-state index contributed by atoms with van der Waals surface area (Å²) in [5.74, 6) is 1.22. The molecule has 1 N–H and O–H groups in total. The summed E-state index contributed by atoms with van der Waals surface area (Å²) >= 11 is 0. The van der Waals surface area contributed by atoms with Gasteiger partial charge in [0.25, 0.3) is 5.91 Å². The summed E-state index contributed by atoms with van der Waals surface area (Å²) in [6.07, 6.45) is 3.97. The SMILES string of the molecule is Cc1cccc(NC(=O)c2cnc(C3CC3)nc2C)c1C. The molecule has 0 radical (unpaired) electrons. The Bertz CT molecular complexity index is 705. The van der Waals surface area contributed by atoms with E-state index < -0.39 is 0 Å². The van der Waals surface area contributed by atoms with Crippen LogP contribution in [0.4, 0.5) is 5.69 Å². The van der Waals surface area contributed by atoms with Crippen LogP contribution in [0.3, 0.4) is 0 Å². The Morgan fingerprint density at radius 1 is 1.24 bits per heavy atom. The molecule has 0 aliphatic heterocycles. The molecule has 2 aromatic rings. The summed E-state index contributed by atoms with van der Waals surface area (Å²) < 4.78 is 0. The number of nitrogens with one attached hydrogen (secondary N) is 1. The molecule has 1 heterocycles. The van der Waals surface area contributed by atoms with Crippen molar-refractivity contribution in [2.24, 2.45) is 0 Å². The maximum atomic E-state index is 12.4. The molecule has 1 amide bonds. The molecule has 1 aromatic heterocycles. The first-order chi connectivity index (χ1) is 10.1. The number of aryl methyl sites for hydroxylation is 2. The van der Waals surface area contributed by atoms with Crippen molar-refractivity contribution in [3.05, 3.63) is 52.6 Å². The first-order valence-electron chi connectivity index (χ1n) is 7.27. The first-order valence-corrected chi connectivity index (χ1v) is 7.27. The minimum atomic E-state index is -0.149. The van der Waals surface area contributed by atoms with Gasteiger partial charge in [0.15, 0.2) is 0 Å². The summed E-state index contributed by atoms with van der Waals surface area (Å²) in [6.45, 7) is 5.90. The van der Waals surface area contributed by atoms with E-state index >= 15 is 0 Å². The summed E-state index contributed by atoms with van der Waals surface area (Å²) in [5, 5.41) is 2.95. The van der Waals surface area contributed by atoms with Crippen molar-refractivity contribution < 1.29 is 4.79 Å². The van der Waals surface area contributed by atoms with Gasteiger partial charge >= 0.3 is 0 Å². The fourth-order valence-corrected chi connectivity index (χ4v) is 2.32. The van der Waals surface area contributed by atoms with E-state index in [0.29, 0.717) is 11.5 Å². The minimum absolute atomic E-state index is 0.149. The van der Waals surface area contributed by atoms with Crippen molar-refractivity contribution in [3.8, 4) is 0 Å². The molecule has 1 aliphatic carbocycles. The average molecular weight is 281 g/mol. The Morgan fingerprint density at radius 2 is 2.00 bits per heavy atom. The van der Waals surface area contributed by atoms with Crippen LogP contribution in [0.2, 0.25) is 0 Å². The van der Waals surface area contributed by atoms with E-state index in [1.807, 2.05) is 39.0 Å². The maximum absolute atomic E-state index is 12.4. The standard InChI is InChI=1S/C17H19N3O/c1-10-5-4-6-15(11(10)2)20-17(21)14-9-18-16(13-7-8-13)19-12(14)3/h4-6,9,13H,7-8H2,1-3H3,(H,20,21). The minimum Gasteiger partial charge on any atom is -0.322 e. The molecular weight excluding hydrogens is 262 g/mol. The highest BCUT2D eigenvalue weighted by atomic mass is 16.1. The smallest absolute Gasteiger partial charge is 0.259 e. The number of hydrogen-bond donors (Lipinski definition) is 1. The molecule has 0 bridgehead atoms. The molecule has 1 aliphatic rings. The zero-order valence-electron chi connectivity index (χ0n) is 12.6. The fraction of sp³-hybridized carbons (Fsp3) is 0.353. The van der Waals surface area contributed by atoms with Crippen molar-refractivity contribution in [1.82, 2.24) is 9.97 Å². The maximum Gasteiger partial charge on any atom is 0.259 e. The highest BCUT2D eigenvalue weighted by Crippen LogP contribution is 2.37. The van der Waals surface area contributed by atoms with Crippen molar-refractivity contribution in [2.75, 3.05) is 5.32 Å². The van der Waals surface area contributed by atoms with Gasteiger partial charge in [-0.1, -0.05) is 12.1 Å². The van der Waals surface area contributed by atoms with Crippen LogP contribution in [0, 0.1) is 20.8 Å². The molecule has 0 unspecified atom stereocenters. The zero-order chi connectivity index (χ0) is 15.0. The number of hydrogen-bond acceptors (Lipinski definition) is 3. The van der Waals surface area contributed by atoms with Gasteiger partial charge < -0.3 is 5.32 Å². The lowest BCUT2D eigenvalue weighted by atomic mass is 10.1. The lowest BCUT2D eigenvalue weighted by Crippen LogP contribution is -2.16. The highest BCUT2D eigenvalue weighted by molar-refractivity contribution is 6.05. The second-order valence-corrected chi connectivity index (χ2v) is 5.70. The molecule has 3 rings (SSSR count). The second kappa shape index (κ2) is 5.28. The Balaban J connectivity index is 1.83. The van der Waals surface area contributed by atoms with E-state index in [2.05, 4.69) is 15.3 Å². The molecule has 108 valence electrons. The van der Waals surface area contributed by atoms with Gasteiger partial charge in [-0.05, 0) is 50.8 Å². The first kappa shape index (κ1) is 13.7. The number of amides is 1. The summed E-state index contributed by atoms with van der Waals surface area (Å²) in [4.78, 5) is 21.2. The molecule has 4 heteroatoms. The van der Waals surface area contributed by atoms with E-state index in [1.54, 1.807) is 6.20 Å². The van der Waals surface area contributed by atoms with E-state index in [-0.39, 0.29) is 5.91 Å². The number of anilines is 1. The van der Waals surface area contributed by atoms with Gasteiger partial charge in [0.2, 0.25) is 0 Å². The normalized spacial score (nSPS) is 14.0. The predicted octanol–water partition coefficient (Wildman–Crippen LogP) is 3.53. The molecule has 1 aromatic carbocycles. The van der Waals surface area contributed by atoms with Gasteiger partial charge in [-0.2, -0.15) is 0 Å². The van der Waals surface area contributed by atoms with Crippen LogP contribution in [0.5, 0.6) is 0 Å². The Hall–Kier alpha value is -2.23. The van der Waals surface area contributed by atoms with E-state index in [0.717, 1.165) is 41.2 Å². The quantitative estimate of drug-likeness (QED) is 0.936. The van der Waals surface area contributed by atoms with Gasteiger partial charge in [-0.25, -0.2) is 9.97 Å². The average Bonchev–Trinajstić information content (AvgIpc) is 3.28. The van der Waals surface area contributed by atoms with Crippen LogP contribution in [-0.4, -0.2) is 15.9 Å². The van der Waals surface area contributed by atoms with E-state index in [1.165, 1.54) is 0 Å². The molecule has 0 saturated heterocycles. The Labute approximate surface area is 124 Å². The van der Waals surface area contributed by atoms with Gasteiger partial charge in [0.1, 0.15) is 5.82 Å². The number of carbonyl (C=O) groups is 1. The molecule has 0 atom stereocenters. The molecule has 21 heavy (non-hydrogen) atoms. The van der Waals surface area contributed by atoms with Gasteiger partial charge in [0.05, 0.1) is 11.3 Å². The van der Waals surface area contributed by atoms with Crippen LogP contribution in [-0.2, 0) is 0 Å². The van der Waals surface area contributed by atoms with Crippen molar-refractivity contribution in [2.45, 2.75) is 39.5 Å². The number of carbonyl (C=O) groups excluding carboxylic acids is 1. The number of benzene rings is 1. The lowest BCUT2D eigenvalue weighted by Gasteiger charge is -2.11. The number of nitrogens with zero attached hydrogens (tertiary/aromatic N) is 2. The van der Waals surface area contributed by atoms with Crippen molar-refractivity contribution in [1.29, 1.82) is 0 Å². The van der Waals surface area contributed by atoms with Crippen molar-refractivity contribution >= 4 is 11.6 Å². The van der Waals surface area contributed by atoms with Crippen LogP contribution in [0.25, 0.3) is 0 Å². The zero-order valence-corrected chi connectivity index (χ0v) is 12.6. The largest absolute Gasteiger partial charge is 0.322 e. The van der Waals surface area contributed by atoms with Crippen LogP contribution in [0.15, 0.2) is 24.4 Å². The topological polar surface area (TPSA) is 54.9 Å². The third-order valence-electron chi connectivity index (χ3n) is 4.04. The summed E-state index contributed by atoms with van der Waals surface area (Å²) in [6, 6.07) is 5.89. The molecule has 4 nitrogen and oxygen atoms in total. The van der Waals surface area contributed by atoms with Gasteiger partial charge in [-0.15, -0.1) is 0 Å². The van der Waals surface area contributed by atoms with Crippen LogP contribution >= 0.6 is 0 Å². The summed E-state index contributed by atoms with van der Waals surface area (Å²) in [7, 11) is 0. The fourth-order valence-electron chi connectivity index (χ4n) is 2.32. The Kier molecular flexibility index (Phi) is 3.45. The second-order valence-electron chi connectivity index (χ2n) is 5.70. The third kappa shape index (κ3) is 2.79. The lowest BCUT2D eigenvalue weighted by molar-refractivity contribution is 0.102. The monoisotopic (exact) mass is 281 g/mol. The third-order valence-corrected chi connectivity index (χ3v) is 4.04. The number of rotatable bonds is 3. The van der Waals surface area contributed by atoms with Gasteiger partial charge in [0, 0.05) is 17.8 Å². The highest BCUT2D eigenvalue weighted by Gasteiger charge is 2.27. The van der Waals surface area contributed by atoms with Crippen LogP contribution < -0.4 is 5.32 Å². The molecular formula is C17H19N3O.